The van der Waals surface area contributed by atoms with Gasteiger partial charge in [-0.15, -0.1) is 0 Å². The van der Waals surface area contributed by atoms with Gasteiger partial charge in [0.1, 0.15) is 5.92 Å². The fraction of sp³-hybridized carbons (Fsp3) is 0.900. The highest BCUT2D eigenvalue weighted by molar-refractivity contribution is 5.82. The van der Waals surface area contributed by atoms with Gasteiger partial charge in [0.15, 0.2) is 0 Å². The Bertz CT molecular complexity index is 599. The van der Waals surface area contributed by atoms with E-state index in [1.54, 1.807) is 0 Å². The van der Waals surface area contributed by atoms with E-state index in [-0.39, 0.29) is 28.9 Å². The molecule has 0 aromatic heterocycles. The number of carbonyl (C=O) groups excluding carboxylic acids is 1. The van der Waals surface area contributed by atoms with Crippen LogP contribution in [0.25, 0.3) is 0 Å². The number of hydrogen-bond acceptors (Lipinski definition) is 3. The van der Waals surface area contributed by atoms with Crippen LogP contribution in [0.2, 0.25) is 0 Å². The van der Waals surface area contributed by atoms with Crippen LogP contribution in [0.5, 0.6) is 0 Å². The van der Waals surface area contributed by atoms with Gasteiger partial charge in [-0.2, -0.15) is 5.26 Å². The summed E-state index contributed by atoms with van der Waals surface area (Å²) in [5.41, 5.74) is 0.149. The lowest BCUT2D eigenvalue weighted by Crippen LogP contribution is -2.63. The van der Waals surface area contributed by atoms with Gasteiger partial charge in [-0.1, -0.05) is 13.8 Å². The number of hydrogen-bond donors (Lipinski definition) is 1. The number of likely N-dealkylation sites (tertiary alicyclic amines) is 1. The maximum atomic E-state index is 12.5. The zero-order valence-corrected chi connectivity index (χ0v) is 15.2. The lowest BCUT2D eigenvalue weighted by atomic mass is 9.47. The zero-order valence-electron chi connectivity index (χ0n) is 15.2. The van der Waals surface area contributed by atoms with Crippen molar-refractivity contribution in [2.24, 2.45) is 34.5 Å². The molecule has 4 aliphatic rings. The van der Waals surface area contributed by atoms with Crippen LogP contribution in [-0.4, -0.2) is 35.1 Å². The molecule has 0 aromatic carbocycles. The van der Waals surface area contributed by atoms with E-state index in [4.69, 9.17) is 0 Å². The second-order valence-corrected chi connectivity index (χ2v) is 9.45. The predicted octanol–water partition coefficient (Wildman–Crippen LogP) is 2.96. The van der Waals surface area contributed by atoms with E-state index >= 15 is 0 Å². The summed E-state index contributed by atoms with van der Waals surface area (Å²) >= 11 is 0. The van der Waals surface area contributed by atoms with Crippen molar-refractivity contribution < 1.29 is 9.90 Å². The van der Waals surface area contributed by atoms with Crippen molar-refractivity contribution in [1.82, 2.24) is 4.90 Å². The summed E-state index contributed by atoms with van der Waals surface area (Å²) < 4.78 is 0. The minimum Gasteiger partial charge on any atom is -0.393 e. The van der Waals surface area contributed by atoms with E-state index in [1.807, 2.05) is 11.9 Å². The average molecular weight is 330 g/mol. The summed E-state index contributed by atoms with van der Waals surface area (Å²) in [7, 11) is 1.90. The third-order valence-electron chi connectivity index (χ3n) is 8.68. The summed E-state index contributed by atoms with van der Waals surface area (Å²) in [5.74, 6) is 1.41. The Kier molecular flexibility index (Phi) is 3.56. The number of carbonyl (C=O) groups is 1. The zero-order chi connectivity index (χ0) is 17.3. The molecule has 4 fully saturated rings. The van der Waals surface area contributed by atoms with Gasteiger partial charge in [0.2, 0.25) is 5.91 Å². The lowest BCUT2D eigenvalue weighted by Gasteiger charge is -2.62. The van der Waals surface area contributed by atoms with E-state index in [0.717, 1.165) is 38.5 Å². The first kappa shape index (κ1) is 16.4. The first-order valence-electron chi connectivity index (χ1n) is 9.67. The Morgan fingerprint density at radius 1 is 1.12 bits per heavy atom. The van der Waals surface area contributed by atoms with Crippen LogP contribution in [0.15, 0.2) is 0 Å². The number of nitrogens with zero attached hydrogens (tertiary/aromatic N) is 2. The molecule has 3 unspecified atom stereocenters. The van der Waals surface area contributed by atoms with Crippen LogP contribution < -0.4 is 0 Å². The normalized spacial score (nSPS) is 53.8. The number of fused-ring (bicyclic) bond motifs is 5. The Morgan fingerprint density at radius 2 is 1.83 bits per heavy atom. The molecule has 0 bridgehead atoms. The third kappa shape index (κ3) is 1.91. The molecule has 8 atom stereocenters. The van der Waals surface area contributed by atoms with Gasteiger partial charge in [-0.3, -0.25) is 4.79 Å². The van der Waals surface area contributed by atoms with Crippen molar-refractivity contribution in [3.8, 4) is 6.07 Å². The Morgan fingerprint density at radius 3 is 2.54 bits per heavy atom. The van der Waals surface area contributed by atoms with Crippen molar-refractivity contribution in [1.29, 1.82) is 5.26 Å². The molecule has 1 saturated heterocycles. The van der Waals surface area contributed by atoms with Gasteiger partial charge >= 0.3 is 0 Å². The van der Waals surface area contributed by atoms with Gasteiger partial charge in [0.05, 0.1) is 12.2 Å². The standard InChI is InChI=1S/C20H30N2O2/c1-19-9-8-15-13(14(19)5-7-17(19)23)4-6-16-20(15,2)10-12(11-21)18(24)22(16)3/h12-17,23H,4-10H2,1-3H3/t12?,13-,14-,15+,16?,17?,19-,20+/m0/s1. The monoisotopic (exact) mass is 330 g/mol. The SMILES string of the molecule is CN1C(=O)C(C#N)C[C@@]2(C)C1CC[C@@H]1[C@H]2CC[C@]2(C)C(O)CC[C@@H]12. The largest absolute Gasteiger partial charge is 0.393 e. The van der Waals surface area contributed by atoms with Gasteiger partial charge < -0.3 is 10.0 Å². The van der Waals surface area contributed by atoms with Crippen molar-refractivity contribution >= 4 is 5.91 Å². The molecular weight excluding hydrogens is 300 g/mol. The fourth-order valence-electron chi connectivity index (χ4n) is 7.36. The molecule has 0 radical (unpaired) electrons. The first-order valence-corrected chi connectivity index (χ1v) is 9.67. The van der Waals surface area contributed by atoms with Crippen molar-refractivity contribution in [2.75, 3.05) is 7.05 Å². The van der Waals surface area contributed by atoms with E-state index in [2.05, 4.69) is 19.9 Å². The van der Waals surface area contributed by atoms with Crippen LogP contribution >= 0.6 is 0 Å². The summed E-state index contributed by atoms with van der Waals surface area (Å²) in [4.78, 5) is 14.4. The molecule has 0 spiro atoms. The van der Waals surface area contributed by atoms with Crippen LogP contribution in [0, 0.1) is 45.8 Å². The molecule has 4 heteroatoms. The predicted molar refractivity (Wildman–Crippen MR) is 90.7 cm³/mol. The minimum atomic E-state index is -0.475. The van der Waals surface area contributed by atoms with E-state index in [0.29, 0.717) is 17.8 Å². The molecule has 1 N–H and O–H groups in total. The van der Waals surface area contributed by atoms with Gasteiger partial charge in [-0.05, 0) is 73.5 Å². The lowest BCUT2D eigenvalue weighted by molar-refractivity contribution is -0.165. The first-order chi connectivity index (χ1) is 11.3. The molecule has 4 rings (SSSR count). The molecule has 24 heavy (non-hydrogen) atoms. The summed E-state index contributed by atoms with van der Waals surface area (Å²) in [6, 6.07) is 2.55. The highest BCUT2D eigenvalue weighted by Gasteiger charge is 2.62. The number of aliphatic hydroxyl groups excluding tert-OH is 1. The fourth-order valence-corrected chi connectivity index (χ4v) is 7.36. The number of aliphatic hydroxyl groups is 1. The van der Waals surface area contributed by atoms with Gasteiger partial charge in [0, 0.05) is 13.1 Å². The molecule has 0 aromatic rings. The highest BCUT2D eigenvalue weighted by atomic mass is 16.3. The maximum Gasteiger partial charge on any atom is 0.239 e. The summed E-state index contributed by atoms with van der Waals surface area (Å²) in [6.07, 6.45) is 7.15. The molecule has 1 heterocycles. The van der Waals surface area contributed by atoms with Crippen molar-refractivity contribution in [3.05, 3.63) is 0 Å². The van der Waals surface area contributed by atoms with E-state index in [9.17, 15) is 15.2 Å². The van der Waals surface area contributed by atoms with E-state index in [1.165, 1.54) is 6.42 Å². The van der Waals surface area contributed by atoms with E-state index < -0.39 is 5.92 Å². The Labute approximate surface area is 145 Å². The summed E-state index contributed by atoms with van der Waals surface area (Å²) in [5, 5.41) is 20.0. The molecule has 3 aliphatic carbocycles. The Balaban J connectivity index is 1.68. The number of amides is 1. The number of rotatable bonds is 0. The maximum absolute atomic E-state index is 12.5. The molecule has 1 aliphatic heterocycles. The van der Waals surface area contributed by atoms with Crippen molar-refractivity contribution in [2.45, 2.75) is 70.9 Å². The minimum absolute atomic E-state index is 0.0235. The molecule has 1 amide bonds. The molecule has 132 valence electrons. The quantitative estimate of drug-likeness (QED) is 0.742. The number of piperidine rings is 1. The molecule has 3 saturated carbocycles. The van der Waals surface area contributed by atoms with Crippen LogP contribution in [-0.2, 0) is 4.79 Å². The van der Waals surface area contributed by atoms with Gasteiger partial charge in [-0.25, -0.2) is 0 Å². The molecular formula is C20H30N2O2. The highest BCUT2D eigenvalue weighted by Crippen LogP contribution is 2.64. The summed E-state index contributed by atoms with van der Waals surface area (Å²) in [6.45, 7) is 4.64. The second-order valence-electron chi connectivity index (χ2n) is 9.45. The third-order valence-corrected chi connectivity index (χ3v) is 8.68. The van der Waals surface area contributed by atoms with Crippen LogP contribution in [0.1, 0.15) is 58.8 Å². The van der Waals surface area contributed by atoms with Gasteiger partial charge in [0.25, 0.3) is 0 Å². The van der Waals surface area contributed by atoms with Crippen LogP contribution in [0.4, 0.5) is 0 Å². The van der Waals surface area contributed by atoms with Crippen LogP contribution in [0.3, 0.4) is 0 Å². The van der Waals surface area contributed by atoms with Crippen molar-refractivity contribution in [3.63, 3.8) is 0 Å². The number of nitriles is 1. The average Bonchev–Trinajstić information content (AvgIpc) is 2.86. The second kappa shape index (κ2) is 5.21. The Hall–Kier alpha value is -1.08. The topological polar surface area (TPSA) is 64.3 Å². The molecule has 4 nitrogen and oxygen atoms in total. The smallest absolute Gasteiger partial charge is 0.239 e.